The largest absolute Gasteiger partial charge is 0.454 e. The minimum atomic E-state index is -0.601. The van der Waals surface area contributed by atoms with Gasteiger partial charge in [-0.3, -0.25) is 9.59 Å². The first kappa shape index (κ1) is 19.6. The number of imidazole rings is 1. The zero-order valence-electron chi connectivity index (χ0n) is 17.3. The topological polar surface area (TPSA) is 89.6 Å². The Bertz CT molecular complexity index is 1080. The first-order valence-corrected chi connectivity index (χ1v) is 10.3. The second-order valence-electron chi connectivity index (χ2n) is 8.26. The van der Waals surface area contributed by atoms with Gasteiger partial charge in [0.1, 0.15) is 11.3 Å². The van der Waals surface area contributed by atoms with Gasteiger partial charge in [0.2, 0.25) is 0 Å². The lowest BCUT2D eigenvalue weighted by atomic mass is 9.80. The van der Waals surface area contributed by atoms with E-state index in [0.717, 1.165) is 12.8 Å². The molecule has 0 spiro atoms. The molecular formula is C23H24N4O4. The summed E-state index contributed by atoms with van der Waals surface area (Å²) in [5, 5.41) is 3.17. The van der Waals surface area contributed by atoms with E-state index < -0.39 is 11.1 Å². The van der Waals surface area contributed by atoms with Gasteiger partial charge in [-0.2, -0.15) is 0 Å². The molecular weight excluding hydrogens is 396 g/mol. The van der Waals surface area contributed by atoms with Gasteiger partial charge >= 0.3 is 0 Å². The monoisotopic (exact) mass is 420 g/mol. The van der Waals surface area contributed by atoms with Crippen LogP contribution >= 0.6 is 0 Å². The van der Waals surface area contributed by atoms with E-state index in [1.165, 1.54) is 0 Å². The van der Waals surface area contributed by atoms with Gasteiger partial charge in [0.15, 0.2) is 5.76 Å². The highest BCUT2D eigenvalue weighted by molar-refractivity contribution is 5.96. The molecule has 160 valence electrons. The third kappa shape index (κ3) is 3.42. The van der Waals surface area contributed by atoms with Crippen molar-refractivity contribution < 1.29 is 18.7 Å². The molecule has 3 heterocycles. The number of nitrogens with one attached hydrogen (secondary N) is 1. The van der Waals surface area contributed by atoms with Crippen molar-refractivity contribution in [3.63, 3.8) is 0 Å². The van der Waals surface area contributed by atoms with Crippen molar-refractivity contribution in [3.05, 3.63) is 78.3 Å². The van der Waals surface area contributed by atoms with Crippen molar-refractivity contribution in [2.45, 2.75) is 30.5 Å². The van der Waals surface area contributed by atoms with E-state index in [1.54, 1.807) is 48.8 Å². The fourth-order valence-corrected chi connectivity index (χ4v) is 4.39. The van der Waals surface area contributed by atoms with Crippen molar-refractivity contribution in [1.29, 1.82) is 0 Å². The third-order valence-electron chi connectivity index (χ3n) is 6.33. The number of hydrogen-bond acceptors (Lipinski definition) is 5. The van der Waals surface area contributed by atoms with Crippen LogP contribution in [0.5, 0.6) is 0 Å². The Morgan fingerprint density at radius 1 is 1.16 bits per heavy atom. The van der Waals surface area contributed by atoms with Crippen LogP contribution in [-0.4, -0.2) is 57.6 Å². The third-order valence-corrected chi connectivity index (χ3v) is 6.33. The summed E-state index contributed by atoms with van der Waals surface area (Å²) < 4.78 is 13.4. The summed E-state index contributed by atoms with van der Waals surface area (Å²) >= 11 is 0. The molecule has 1 aliphatic carbocycles. The summed E-state index contributed by atoms with van der Waals surface area (Å²) in [7, 11) is 1.67. The van der Waals surface area contributed by atoms with E-state index >= 15 is 0 Å². The average molecular weight is 420 g/mol. The normalized spacial score (nSPS) is 18.3. The van der Waals surface area contributed by atoms with Crippen LogP contribution in [0, 0.1) is 0 Å². The van der Waals surface area contributed by atoms with E-state index in [-0.39, 0.29) is 11.8 Å². The predicted molar refractivity (Wildman–Crippen MR) is 112 cm³/mol. The zero-order valence-corrected chi connectivity index (χ0v) is 17.3. The minimum Gasteiger partial charge on any atom is -0.454 e. The molecule has 1 aliphatic heterocycles. The fourth-order valence-electron chi connectivity index (χ4n) is 4.39. The molecule has 1 saturated heterocycles. The van der Waals surface area contributed by atoms with Gasteiger partial charge in [0, 0.05) is 38.2 Å². The molecule has 3 aromatic rings. The fraction of sp³-hybridized carbons (Fsp3) is 0.348. The smallest absolute Gasteiger partial charge is 0.289 e. The Labute approximate surface area is 179 Å². The number of benzene rings is 1. The Hall–Kier alpha value is -3.39. The molecule has 2 aromatic heterocycles. The number of hydrogen-bond donors (Lipinski definition) is 1. The first-order chi connectivity index (χ1) is 15.0. The van der Waals surface area contributed by atoms with Crippen LogP contribution in [0.4, 0.5) is 0 Å². The summed E-state index contributed by atoms with van der Waals surface area (Å²) in [5.74, 6) is 0.631. The molecule has 0 bridgehead atoms. The van der Waals surface area contributed by atoms with Crippen molar-refractivity contribution in [1.82, 2.24) is 19.8 Å². The standard InChI is InChI=1S/C23H24N4O4/c1-30-23(9-10-23)22(25-20(28)17-5-3-2-4-6-17)14-27(15-22)21(29)19-8-7-18(31-19)13-26-12-11-24-16-26/h2-8,11-12,16H,9-10,13-15H2,1H3,(H,25,28). The van der Waals surface area contributed by atoms with Crippen LogP contribution in [-0.2, 0) is 11.3 Å². The number of carbonyl (C=O) groups is 2. The molecule has 1 N–H and O–H groups in total. The quantitative estimate of drug-likeness (QED) is 0.634. The number of aromatic nitrogens is 2. The Kier molecular flexibility index (Phi) is 4.66. The van der Waals surface area contributed by atoms with Gasteiger partial charge in [-0.15, -0.1) is 0 Å². The predicted octanol–water partition coefficient (Wildman–Crippen LogP) is 2.33. The molecule has 2 aliphatic rings. The number of amides is 2. The number of furan rings is 1. The summed E-state index contributed by atoms with van der Waals surface area (Å²) in [6, 6.07) is 12.6. The number of methoxy groups -OCH3 is 1. The Balaban J connectivity index is 1.29. The number of ether oxygens (including phenoxy) is 1. The van der Waals surface area contributed by atoms with Crippen LogP contribution in [0.2, 0.25) is 0 Å². The second kappa shape index (κ2) is 7.39. The van der Waals surface area contributed by atoms with E-state index in [0.29, 0.717) is 36.7 Å². The zero-order chi connectivity index (χ0) is 21.5. The molecule has 2 fully saturated rings. The maximum Gasteiger partial charge on any atom is 0.289 e. The van der Waals surface area contributed by atoms with Crippen molar-refractivity contribution in [2.24, 2.45) is 0 Å². The number of carbonyl (C=O) groups excluding carboxylic acids is 2. The van der Waals surface area contributed by atoms with E-state index in [2.05, 4.69) is 10.3 Å². The van der Waals surface area contributed by atoms with Crippen molar-refractivity contribution in [3.8, 4) is 0 Å². The number of likely N-dealkylation sites (tertiary alicyclic amines) is 1. The Morgan fingerprint density at radius 3 is 2.58 bits per heavy atom. The van der Waals surface area contributed by atoms with Crippen LogP contribution in [0.3, 0.4) is 0 Å². The molecule has 1 aromatic carbocycles. The molecule has 5 rings (SSSR count). The lowest BCUT2D eigenvalue weighted by Crippen LogP contribution is -2.77. The van der Waals surface area contributed by atoms with E-state index in [4.69, 9.17) is 9.15 Å². The summed E-state index contributed by atoms with van der Waals surface area (Å²) in [6.45, 7) is 1.28. The highest BCUT2D eigenvalue weighted by atomic mass is 16.5. The number of rotatable bonds is 7. The lowest BCUT2D eigenvalue weighted by Gasteiger charge is -2.54. The molecule has 8 nitrogen and oxygen atoms in total. The van der Waals surface area contributed by atoms with Crippen LogP contribution < -0.4 is 5.32 Å². The van der Waals surface area contributed by atoms with Gasteiger partial charge < -0.3 is 23.9 Å². The molecule has 8 heteroatoms. The van der Waals surface area contributed by atoms with Crippen LogP contribution in [0.25, 0.3) is 0 Å². The maximum atomic E-state index is 13.0. The SMILES string of the molecule is COC1(C2(NC(=O)c3ccccc3)CN(C(=O)c3ccc(Cn4ccnc4)o3)C2)CC1. The Morgan fingerprint density at radius 2 is 1.94 bits per heavy atom. The average Bonchev–Trinajstić information content (AvgIpc) is 3.16. The highest BCUT2D eigenvalue weighted by Crippen LogP contribution is 2.52. The minimum absolute atomic E-state index is 0.156. The van der Waals surface area contributed by atoms with Crippen LogP contribution in [0.1, 0.15) is 39.5 Å². The van der Waals surface area contributed by atoms with Gasteiger partial charge in [-0.05, 0) is 37.1 Å². The van der Waals surface area contributed by atoms with Crippen LogP contribution in [0.15, 0.2) is 65.6 Å². The van der Waals surface area contributed by atoms with Crippen molar-refractivity contribution in [2.75, 3.05) is 20.2 Å². The van der Waals surface area contributed by atoms with Gasteiger partial charge in [-0.25, -0.2) is 4.98 Å². The molecule has 0 radical (unpaired) electrons. The maximum absolute atomic E-state index is 13.0. The van der Waals surface area contributed by atoms with E-state index in [9.17, 15) is 9.59 Å². The molecule has 2 amide bonds. The molecule has 0 unspecified atom stereocenters. The summed E-state index contributed by atoms with van der Waals surface area (Å²) in [5.41, 5.74) is -0.436. The molecule has 0 atom stereocenters. The van der Waals surface area contributed by atoms with Crippen molar-refractivity contribution >= 4 is 11.8 Å². The second-order valence-corrected chi connectivity index (χ2v) is 8.26. The van der Waals surface area contributed by atoms with Gasteiger partial charge in [-0.1, -0.05) is 18.2 Å². The molecule has 31 heavy (non-hydrogen) atoms. The number of nitrogens with zero attached hydrogens (tertiary/aromatic N) is 3. The molecule has 1 saturated carbocycles. The summed E-state index contributed by atoms with van der Waals surface area (Å²) in [6.07, 6.45) is 6.95. The van der Waals surface area contributed by atoms with Gasteiger partial charge in [0.05, 0.1) is 18.5 Å². The van der Waals surface area contributed by atoms with E-state index in [1.807, 2.05) is 29.0 Å². The summed E-state index contributed by atoms with van der Waals surface area (Å²) in [4.78, 5) is 31.5. The van der Waals surface area contributed by atoms with Gasteiger partial charge in [0.25, 0.3) is 11.8 Å². The lowest BCUT2D eigenvalue weighted by molar-refractivity contribution is -0.0715. The first-order valence-electron chi connectivity index (χ1n) is 10.3. The highest BCUT2D eigenvalue weighted by Gasteiger charge is 2.66.